The van der Waals surface area contributed by atoms with Crippen LogP contribution in [-0.4, -0.2) is 26.0 Å². The molecule has 0 unspecified atom stereocenters. The van der Waals surface area contributed by atoms with Crippen LogP contribution in [0.5, 0.6) is 5.75 Å². The lowest BCUT2D eigenvalue weighted by atomic mass is 10.1. The number of aryl methyl sites for hydroxylation is 2. The number of phenolic OH excluding ortho intramolecular Hbond substituents is 1. The molecule has 3 aromatic heterocycles. The number of benzene rings is 1. The number of nitrogens with zero attached hydrogens (tertiary/aromatic N) is 2. The standard InChI is InChI=1S/C19H16N4O2/c1-9-3-5-12(21-8-9)13-7-11-15-10(2)4-6-14(24)17(15)23-16(11)18(22-13)19(20)25/h3-8,23-24H,1-2H3,(H2,20,25). The van der Waals surface area contributed by atoms with Gasteiger partial charge < -0.3 is 15.8 Å². The molecule has 4 N–H and O–H groups in total. The van der Waals surface area contributed by atoms with Gasteiger partial charge in [-0.1, -0.05) is 12.1 Å². The van der Waals surface area contributed by atoms with Crippen molar-refractivity contribution in [1.29, 1.82) is 0 Å². The highest BCUT2D eigenvalue weighted by Crippen LogP contribution is 2.36. The van der Waals surface area contributed by atoms with Crippen molar-refractivity contribution in [2.75, 3.05) is 0 Å². The van der Waals surface area contributed by atoms with Crippen molar-refractivity contribution in [3.63, 3.8) is 0 Å². The summed E-state index contributed by atoms with van der Waals surface area (Å²) in [6.07, 6.45) is 1.75. The lowest BCUT2D eigenvalue weighted by molar-refractivity contribution is 0.0997. The molecule has 25 heavy (non-hydrogen) atoms. The molecule has 1 amide bonds. The maximum Gasteiger partial charge on any atom is 0.269 e. The third-order valence-corrected chi connectivity index (χ3v) is 4.34. The van der Waals surface area contributed by atoms with E-state index in [2.05, 4.69) is 15.0 Å². The highest BCUT2D eigenvalue weighted by atomic mass is 16.3. The summed E-state index contributed by atoms with van der Waals surface area (Å²) < 4.78 is 0. The number of hydrogen-bond acceptors (Lipinski definition) is 4. The Morgan fingerprint density at radius 1 is 1.12 bits per heavy atom. The minimum atomic E-state index is -0.636. The molecule has 3 heterocycles. The van der Waals surface area contributed by atoms with Crippen LogP contribution in [0.3, 0.4) is 0 Å². The molecule has 0 bridgehead atoms. The van der Waals surface area contributed by atoms with Crippen molar-refractivity contribution < 1.29 is 9.90 Å². The van der Waals surface area contributed by atoms with Crippen LogP contribution < -0.4 is 5.73 Å². The summed E-state index contributed by atoms with van der Waals surface area (Å²) in [7, 11) is 0. The van der Waals surface area contributed by atoms with Crippen LogP contribution in [0.2, 0.25) is 0 Å². The minimum absolute atomic E-state index is 0.113. The van der Waals surface area contributed by atoms with E-state index in [0.717, 1.165) is 21.9 Å². The predicted molar refractivity (Wildman–Crippen MR) is 96.5 cm³/mol. The van der Waals surface area contributed by atoms with Crippen LogP contribution in [0.15, 0.2) is 36.5 Å². The number of amides is 1. The smallest absolute Gasteiger partial charge is 0.269 e. The third kappa shape index (κ3) is 2.30. The average Bonchev–Trinajstić information content (AvgIpc) is 2.98. The summed E-state index contributed by atoms with van der Waals surface area (Å²) in [4.78, 5) is 23.8. The molecule has 0 aliphatic carbocycles. The molecular weight excluding hydrogens is 316 g/mol. The Morgan fingerprint density at radius 2 is 1.92 bits per heavy atom. The van der Waals surface area contributed by atoms with Gasteiger partial charge in [0.15, 0.2) is 5.69 Å². The fourth-order valence-electron chi connectivity index (χ4n) is 3.09. The molecule has 1 aromatic carbocycles. The summed E-state index contributed by atoms with van der Waals surface area (Å²) >= 11 is 0. The zero-order valence-electron chi connectivity index (χ0n) is 13.8. The van der Waals surface area contributed by atoms with Gasteiger partial charge in [0.1, 0.15) is 5.75 Å². The summed E-state index contributed by atoms with van der Waals surface area (Å²) in [5, 5.41) is 11.8. The summed E-state index contributed by atoms with van der Waals surface area (Å²) in [6, 6.07) is 9.11. The Morgan fingerprint density at radius 3 is 2.60 bits per heavy atom. The average molecular weight is 332 g/mol. The molecule has 0 fully saturated rings. The Kier molecular flexibility index (Phi) is 3.21. The molecule has 0 saturated carbocycles. The van der Waals surface area contributed by atoms with Crippen molar-refractivity contribution in [3.05, 3.63) is 53.3 Å². The van der Waals surface area contributed by atoms with Gasteiger partial charge in [-0.05, 0) is 43.2 Å². The van der Waals surface area contributed by atoms with Crippen LogP contribution in [0.4, 0.5) is 0 Å². The second kappa shape index (κ2) is 5.31. The number of H-pyrrole nitrogens is 1. The number of carbonyl (C=O) groups is 1. The van der Waals surface area contributed by atoms with Crippen molar-refractivity contribution in [2.45, 2.75) is 13.8 Å². The predicted octanol–water partition coefficient (Wildman–Crippen LogP) is 3.20. The second-order valence-corrected chi connectivity index (χ2v) is 6.14. The molecule has 6 nitrogen and oxygen atoms in total. The van der Waals surface area contributed by atoms with Crippen LogP contribution in [-0.2, 0) is 0 Å². The maximum atomic E-state index is 12.0. The zero-order valence-corrected chi connectivity index (χ0v) is 13.8. The molecule has 0 saturated heterocycles. The van der Waals surface area contributed by atoms with Crippen LogP contribution in [0.1, 0.15) is 21.6 Å². The van der Waals surface area contributed by atoms with Gasteiger partial charge in [0.05, 0.1) is 22.4 Å². The van der Waals surface area contributed by atoms with E-state index in [4.69, 9.17) is 5.73 Å². The molecule has 0 aliphatic heterocycles. The molecule has 0 aliphatic rings. The van der Waals surface area contributed by atoms with E-state index in [9.17, 15) is 9.90 Å². The molecule has 124 valence electrons. The van der Waals surface area contributed by atoms with Crippen molar-refractivity contribution in [2.24, 2.45) is 5.73 Å². The highest BCUT2D eigenvalue weighted by Gasteiger charge is 2.19. The fourth-order valence-corrected chi connectivity index (χ4v) is 3.09. The van der Waals surface area contributed by atoms with E-state index in [1.54, 1.807) is 12.3 Å². The lowest BCUT2D eigenvalue weighted by Crippen LogP contribution is -2.14. The van der Waals surface area contributed by atoms with Crippen molar-refractivity contribution in [1.82, 2.24) is 15.0 Å². The molecule has 0 radical (unpaired) electrons. The van der Waals surface area contributed by atoms with E-state index >= 15 is 0 Å². The molecule has 0 atom stereocenters. The number of rotatable bonds is 2. The third-order valence-electron chi connectivity index (χ3n) is 4.34. The van der Waals surface area contributed by atoms with Gasteiger partial charge in [-0.15, -0.1) is 0 Å². The van der Waals surface area contributed by atoms with Gasteiger partial charge >= 0.3 is 0 Å². The number of phenols is 1. The number of aromatic nitrogens is 3. The largest absolute Gasteiger partial charge is 0.506 e. The summed E-state index contributed by atoms with van der Waals surface area (Å²) in [6.45, 7) is 3.90. The molecular formula is C19H16N4O2. The first-order valence-corrected chi connectivity index (χ1v) is 7.83. The first-order chi connectivity index (χ1) is 12.0. The number of aromatic hydroxyl groups is 1. The monoisotopic (exact) mass is 332 g/mol. The number of aromatic amines is 1. The van der Waals surface area contributed by atoms with E-state index in [-0.39, 0.29) is 11.4 Å². The number of pyridine rings is 2. The molecule has 4 aromatic rings. The van der Waals surface area contributed by atoms with E-state index in [0.29, 0.717) is 22.4 Å². The summed E-state index contributed by atoms with van der Waals surface area (Å²) in [5.41, 5.74) is 9.98. The molecule has 6 heteroatoms. The number of primary amides is 1. The minimum Gasteiger partial charge on any atom is -0.506 e. The number of carbonyl (C=O) groups excluding carboxylic acids is 1. The van der Waals surface area contributed by atoms with Gasteiger partial charge in [-0.3, -0.25) is 9.78 Å². The lowest BCUT2D eigenvalue weighted by Gasteiger charge is -2.05. The number of hydrogen-bond donors (Lipinski definition) is 3. The fraction of sp³-hybridized carbons (Fsp3) is 0.105. The van der Waals surface area contributed by atoms with Gasteiger partial charge in [0, 0.05) is 17.0 Å². The normalized spacial score (nSPS) is 11.3. The van der Waals surface area contributed by atoms with E-state index < -0.39 is 5.91 Å². The quantitative estimate of drug-likeness (QED) is 0.524. The Bertz CT molecular complexity index is 1140. The van der Waals surface area contributed by atoms with Crippen molar-refractivity contribution >= 4 is 27.7 Å². The molecule has 0 spiro atoms. The topological polar surface area (TPSA) is 105 Å². The van der Waals surface area contributed by atoms with Gasteiger partial charge in [0.2, 0.25) is 0 Å². The van der Waals surface area contributed by atoms with E-state index in [1.165, 1.54) is 0 Å². The first kappa shape index (κ1) is 15.1. The van der Waals surface area contributed by atoms with Crippen LogP contribution >= 0.6 is 0 Å². The van der Waals surface area contributed by atoms with Gasteiger partial charge in [-0.25, -0.2) is 4.98 Å². The number of fused-ring (bicyclic) bond motifs is 3. The first-order valence-electron chi connectivity index (χ1n) is 7.83. The van der Waals surface area contributed by atoms with Gasteiger partial charge in [-0.2, -0.15) is 0 Å². The SMILES string of the molecule is Cc1ccc(-c2cc3c([nH]c4c(O)ccc(C)c43)c(C(N)=O)n2)nc1. The Balaban J connectivity index is 2.13. The number of nitrogens with two attached hydrogens (primary N) is 1. The second-order valence-electron chi connectivity index (χ2n) is 6.14. The zero-order chi connectivity index (χ0) is 17.7. The molecule has 4 rings (SSSR count). The van der Waals surface area contributed by atoms with Crippen LogP contribution in [0.25, 0.3) is 33.2 Å². The van der Waals surface area contributed by atoms with Crippen LogP contribution in [0, 0.1) is 13.8 Å². The summed E-state index contributed by atoms with van der Waals surface area (Å²) in [5.74, 6) is -0.523. The maximum absolute atomic E-state index is 12.0. The van der Waals surface area contributed by atoms with Crippen molar-refractivity contribution in [3.8, 4) is 17.1 Å². The highest BCUT2D eigenvalue weighted by molar-refractivity contribution is 6.16. The van der Waals surface area contributed by atoms with Gasteiger partial charge in [0.25, 0.3) is 5.91 Å². The Labute approximate surface area is 143 Å². The Hall–Kier alpha value is -3.41. The van der Waals surface area contributed by atoms with E-state index in [1.807, 2.05) is 38.1 Å². The number of nitrogens with one attached hydrogen (secondary N) is 1.